The van der Waals surface area contributed by atoms with Crippen molar-refractivity contribution in [1.82, 2.24) is 4.98 Å². The second-order valence-electron chi connectivity index (χ2n) is 5.03. The van der Waals surface area contributed by atoms with Gasteiger partial charge in [0.1, 0.15) is 11.5 Å². The van der Waals surface area contributed by atoms with Gasteiger partial charge in [0.15, 0.2) is 6.61 Å². The number of ether oxygens (including phenoxy) is 2. The standard InChI is InChI=1S/C18H15BrN2O3/c1-23-13-3-5-14(6-4-13)24-11-18(22)21-17-8-9-20-16-7-2-12(19)10-15(16)17/h2-10H,11H2,1H3,(H,20,21,22). The van der Waals surface area contributed by atoms with Crippen molar-refractivity contribution < 1.29 is 14.3 Å². The first kappa shape index (κ1) is 16.3. The maximum absolute atomic E-state index is 12.1. The van der Waals surface area contributed by atoms with Crippen LogP contribution in [0.3, 0.4) is 0 Å². The first-order chi connectivity index (χ1) is 11.7. The molecule has 2 aromatic carbocycles. The third kappa shape index (κ3) is 3.83. The molecule has 0 aliphatic carbocycles. The van der Waals surface area contributed by atoms with Gasteiger partial charge in [0.05, 0.1) is 18.3 Å². The van der Waals surface area contributed by atoms with Crippen LogP contribution in [0.25, 0.3) is 10.9 Å². The molecule has 6 heteroatoms. The second-order valence-corrected chi connectivity index (χ2v) is 5.95. The zero-order valence-electron chi connectivity index (χ0n) is 13.0. The van der Waals surface area contributed by atoms with Gasteiger partial charge in [-0.1, -0.05) is 15.9 Å². The van der Waals surface area contributed by atoms with Gasteiger partial charge >= 0.3 is 0 Å². The van der Waals surface area contributed by atoms with E-state index < -0.39 is 0 Å². The molecule has 0 saturated carbocycles. The van der Waals surface area contributed by atoms with Crippen LogP contribution in [-0.4, -0.2) is 24.6 Å². The number of carbonyl (C=O) groups is 1. The van der Waals surface area contributed by atoms with Crippen molar-refractivity contribution in [2.45, 2.75) is 0 Å². The van der Waals surface area contributed by atoms with Crippen molar-refractivity contribution in [3.63, 3.8) is 0 Å². The molecule has 0 aliphatic rings. The molecular weight excluding hydrogens is 372 g/mol. The molecule has 0 spiro atoms. The summed E-state index contributed by atoms with van der Waals surface area (Å²) < 4.78 is 11.5. The van der Waals surface area contributed by atoms with E-state index in [0.29, 0.717) is 11.4 Å². The van der Waals surface area contributed by atoms with E-state index in [1.54, 1.807) is 43.6 Å². The minimum atomic E-state index is -0.238. The number of benzene rings is 2. The topological polar surface area (TPSA) is 60.5 Å². The predicted octanol–water partition coefficient (Wildman–Crippen LogP) is 4.02. The van der Waals surface area contributed by atoms with Gasteiger partial charge in [-0.25, -0.2) is 0 Å². The van der Waals surface area contributed by atoms with Crippen molar-refractivity contribution in [1.29, 1.82) is 0 Å². The Hall–Kier alpha value is -2.60. The summed E-state index contributed by atoms with van der Waals surface area (Å²) in [6.07, 6.45) is 1.66. The highest BCUT2D eigenvalue weighted by Gasteiger charge is 2.08. The lowest BCUT2D eigenvalue weighted by molar-refractivity contribution is -0.118. The number of methoxy groups -OCH3 is 1. The summed E-state index contributed by atoms with van der Waals surface area (Å²) in [5.74, 6) is 1.10. The molecule has 1 N–H and O–H groups in total. The molecule has 24 heavy (non-hydrogen) atoms. The Morgan fingerprint density at radius 2 is 1.88 bits per heavy atom. The molecule has 0 atom stereocenters. The zero-order valence-corrected chi connectivity index (χ0v) is 14.5. The quantitative estimate of drug-likeness (QED) is 0.719. The summed E-state index contributed by atoms with van der Waals surface area (Å²) in [6, 6.07) is 14.6. The fourth-order valence-electron chi connectivity index (χ4n) is 2.23. The number of carbonyl (C=O) groups excluding carboxylic acids is 1. The lowest BCUT2D eigenvalue weighted by atomic mass is 10.2. The number of amides is 1. The van der Waals surface area contributed by atoms with Crippen molar-refractivity contribution in [3.05, 3.63) is 59.2 Å². The van der Waals surface area contributed by atoms with Crippen LogP contribution >= 0.6 is 15.9 Å². The number of anilines is 1. The summed E-state index contributed by atoms with van der Waals surface area (Å²) in [7, 11) is 1.60. The smallest absolute Gasteiger partial charge is 0.262 e. The molecule has 122 valence electrons. The third-order valence-corrected chi connectivity index (χ3v) is 3.90. The molecular formula is C18H15BrN2O3. The number of hydrogen-bond acceptors (Lipinski definition) is 4. The molecule has 0 aliphatic heterocycles. The minimum Gasteiger partial charge on any atom is -0.497 e. The van der Waals surface area contributed by atoms with Crippen molar-refractivity contribution in [3.8, 4) is 11.5 Å². The van der Waals surface area contributed by atoms with E-state index >= 15 is 0 Å². The van der Waals surface area contributed by atoms with Crippen LogP contribution in [0.4, 0.5) is 5.69 Å². The molecule has 5 nitrogen and oxygen atoms in total. The molecule has 0 saturated heterocycles. The first-order valence-electron chi connectivity index (χ1n) is 7.27. The molecule has 0 radical (unpaired) electrons. The normalized spacial score (nSPS) is 10.4. The largest absolute Gasteiger partial charge is 0.497 e. The molecule has 3 rings (SSSR count). The number of rotatable bonds is 5. The van der Waals surface area contributed by atoms with E-state index in [2.05, 4.69) is 26.2 Å². The SMILES string of the molecule is COc1ccc(OCC(=O)Nc2ccnc3ccc(Br)cc23)cc1. The van der Waals surface area contributed by atoms with Crippen molar-refractivity contribution >= 4 is 38.4 Å². The van der Waals surface area contributed by atoms with Crippen LogP contribution in [-0.2, 0) is 4.79 Å². The third-order valence-electron chi connectivity index (χ3n) is 3.41. The van der Waals surface area contributed by atoms with E-state index in [-0.39, 0.29) is 12.5 Å². The average Bonchev–Trinajstić information content (AvgIpc) is 2.61. The van der Waals surface area contributed by atoms with Crippen molar-refractivity contribution in [2.75, 3.05) is 19.0 Å². The Balaban J connectivity index is 1.67. The number of aromatic nitrogens is 1. The number of nitrogens with one attached hydrogen (secondary N) is 1. The lowest BCUT2D eigenvalue weighted by Crippen LogP contribution is -2.20. The van der Waals surface area contributed by atoms with Crippen LogP contribution in [0, 0.1) is 0 Å². The maximum Gasteiger partial charge on any atom is 0.262 e. The van der Waals surface area contributed by atoms with E-state index in [0.717, 1.165) is 21.1 Å². The predicted molar refractivity (Wildman–Crippen MR) is 96.6 cm³/mol. The zero-order chi connectivity index (χ0) is 16.9. The molecule has 0 fully saturated rings. The Kier molecular flexibility index (Phi) is 4.96. The monoisotopic (exact) mass is 386 g/mol. The Bertz CT molecular complexity index is 866. The first-order valence-corrected chi connectivity index (χ1v) is 8.06. The highest BCUT2D eigenvalue weighted by molar-refractivity contribution is 9.10. The number of nitrogens with zero attached hydrogens (tertiary/aromatic N) is 1. The van der Waals surface area contributed by atoms with Crippen molar-refractivity contribution in [2.24, 2.45) is 0 Å². The number of hydrogen-bond donors (Lipinski definition) is 1. The average molecular weight is 387 g/mol. The van der Waals surface area contributed by atoms with Gasteiger partial charge in [0, 0.05) is 16.1 Å². The molecule has 3 aromatic rings. The van der Waals surface area contributed by atoms with Crippen LogP contribution < -0.4 is 14.8 Å². The molecule has 1 heterocycles. The number of pyridine rings is 1. The van der Waals surface area contributed by atoms with E-state index in [1.807, 2.05) is 18.2 Å². The summed E-state index contributed by atoms with van der Waals surface area (Å²) in [4.78, 5) is 16.4. The fraction of sp³-hybridized carbons (Fsp3) is 0.111. The maximum atomic E-state index is 12.1. The van der Waals surface area contributed by atoms with Gasteiger partial charge in [0.2, 0.25) is 0 Å². The fourth-order valence-corrected chi connectivity index (χ4v) is 2.60. The second kappa shape index (κ2) is 7.31. The van der Waals surface area contributed by atoms with E-state index in [9.17, 15) is 4.79 Å². The number of halogens is 1. The van der Waals surface area contributed by atoms with Gasteiger partial charge in [-0.15, -0.1) is 0 Å². The summed E-state index contributed by atoms with van der Waals surface area (Å²) in [5, 5.41) is 3.72. The lowest BCUT2D eigenvalue weighted by Gasteiger charge is -2.10. The van der Waals surface area contributed by atoms with Crippen LogP contribution in [0.1, 0.15) is 0 Å². The Morgan fingerprint density at radius 3 is 2.62 bits per heavy atom. The summed E-state index contributed by atoms with van der Waals surface area (Å²) in [6.45, 7) is -0.0792. The summed E-state index contributed by atoms with van der Waals surface area (Å²) in [5.41, 5.74) is 1.51. The Morgan fingerprint density at radius 1 is 1.12 bits per heavy atom. The van der Waals surface area contributed by atoms with Crippen LogP contribution in [0.5, 0.6) is 11.5 Å². The van der Waals surface area contributed by atoms with Gasteiger partial charge in [-0.3, -0.25) is 9.78 Å². The number of fused-ring (bicyclic) bond motifs is 1. The van der Waals surface area contributed by atoms with Crippen LogP contribution in [0.2, 0.25) is 0 Å². The molecule has 1 aromatic heterocycles. The highest BCUT2D eigenvalue weighted by atomic mass is 79.9. The molecule has 0 unspecified atom stereocenters. The van der Waals surface area contributed by atoms with E-state index in [1.165, 1.54) is 0 Å². The molecule has 1 amide bonds. The summed E-state index contributed by atoms with van der Waals surface area (Å²) >= 11 is 3.43. The highest BCUT2D eigenvalue weighted by Crippen LogP contribution is 2.25. The van der Waals surface area contributed by atoms with Crippen LogP contribution in [0.15, 0.2) is 59.2 Å². The van der Waals surface area contributed by atoms with E-state index in [4.69, 9.17) is 9.47 Å². The van der Waals surface area contributed by atoms with Gasteiger partial charge < -0.3 is 14.8 Å². The Labute approximate surface area is 147 Å². The van der Waals surface area contributed by atoms with Gasteiger partial charge in [0.25, 0.3) is 5.91 Å². The van der Waals surface area contributed by atoms with Gasteiger partial charge in [-0.2, -0.15) is 0 Å². The minimum absolute atomic E-state index is 0.0792. The molecule has 0 bridgehead atoms. The van der Waals surface area contributed by atoms with Gasteiger partial charge in [-0.05, 0) is 48.5 Å².